The summed E-state index contributed by atoms with van der Waals surface area (Å²) in [4.78, 5) is 22.9. The van der Waals surface area contributed by atoms with Crippen molar-refractivity contribution in [3.8, 4) is 0 Å². The predicted molar refractivity (Wildman–Crippen MR) is 151 cm³/mol. The smallest absolute Gasteiger partial charge is 0.247 e. The van der Waals surface area contributed by atoms with Crippen LogP contribution in [0.3, 0.4) is 0 Å². The fourth-order valence-electron chi connectivity index (χ4n) is 5.36. The number of hydrogen-bond acceptors (Lipinski definition) is 6. The molecule has 38 heavy (non-hydrogen) atoms. The van der Waals surface area contributed by atoms with Crippen molar-refractivity contribution in [3.05, 3.63) is 47.8 Å². The van der Waals surface area contributed by atoms with E-state index in [1.807, 2.05) is 49.9 Å². The summed E-state index contributed by atoms with van der Waals surface area (Å²) in [6.07, 6.45) is 6.62. The molecule has 2 aliphatic rings. The number of piperidine rings is 1. The number of aryl methyl sites for hydroxylation is 2. The maximum Gasteiger partial charge on any atom is 0.247 e. The molecule has 0 bridgehead atoms. The summed E-state index contributed by atoms with van der Waals surface area (Å²) in [5.74, 6) is 0.738. The zero-order valence-electron chi connectivity index (χ0n) is 22.8. The van der Waals surface area contributed by atoms with Gasteiger partial charge in [0, 0.05) is 74.3 Å². The molecular formula is C28H38N6O3S. The highest BCUT2D eigenvalue weighted by atomic mass is 32.2. The van der Waals surface area contributed by atoms with Crippen LogP contribution in [0.1, 0.15) is 43.4 Å². The lowest BCUT2D eigenvalue weighted by molar-refractivity contribution is -0.118. The van der Waals surface area contributed by atoms with E-state index >= 15 is 0 Å². The fourth-order valence-corrected chi connectivity index (χ4v) is 6.90. The lowest BCUT2D eigenvalue weighted by atomic mass is 10.2. The molecule has 2 aliphatic heterocycles. The fraction of sp³-hybridized carbons (Fsp3) is 0.500. The Balaban J connectivity index is 1.37. The van der Waals surface area contributed by atoms with Gasteiger partial charge in [-0.15, -0.1) is 0 Å². The number of benzene rings is 1. The van der Waals surface area contributed by atoms with Gasteiger partial charge in [-0.05, 0) is 70.0 Å². The van der Waals surface area contributed by atoms with Crippen molar-refractivity contribution in [2.75, 3.05) is 56.5 Å². The van der Waals surface area contributed by atoms with Gasteiger partial charge in [0.25, 0.3) is 0 Å². The number of carbonyl (C=O) groups excluding carboxylic acids is 1. The normalized spacial score (nSPS) is 18.6. The summed E-state index contributed by atoms with van der Waals surface area (Å²) in [5, 5.41) is 3.96. The summed E-state index contributed by atoms with van der Waals surface area (Å²) < 4.78 is 30.0. The van der Waals surface area contributed by atoms with Gasteiger partial charge in [-0.3, -0.25) is 4.79 Å². The van der Waals surface area contributed by atoms with Crippen LogP contribution in [0, 0.1) is 13.8 Å². The Kier molecular flexibility index (Phi) is 7.48. The van der Waals surface area contributed by atoms with Gasteiger partial charge in [0.2, 0.25) is 15.9 Å². The minimum atomic E-state index is -3.53. The maximum atomic E-state index is 13.4. The van der Waals surface area contributed by atoms with E-state index in [1.54, 1.807) is 16.4 Å². The average molecular weight is 539 g/mol. The van der Waals surface area contributed by atoms with Gasteiger partial charge < -0.3 is 19.7 Å². The van der Waals surface area contributed by atoms with Crippen LogP contribution in [0.2, 0.25) is 0 Å². The number of hydrogen-bond donors (Lipinski definition) is 1. The van der Waals surface area contributed by atoms with Gasteiger partial charge >= 0.3 is 0 Å². The highest BCUT2D eigenvalue weighted by Crippen LogP contribution is 2.30. The number of amides is 1. The summed E-state index contributed by atoms with van der Waals surface area (Å²) in [6.45, 7) is 10.7. The Labute approximate surface area is 225 Å². The molecular weight excluding hydrogens is 500 g/mol. The third kappa shape index (κ3) is 5.17. The molecule has 1 atom stereocenters. The molecule has 1 amide bonds. The molecule has 0 aliphatic carbocycles. The highest BCUT2D eigenvalue weighted by Gasteiger charge is 2.27. The summed E-state index contributed by atoms with van der Waals surface area (Å²) in [5.41, 5.74) is 3.44. The second kappa shape index (κ2) is 10.7. The van der Waals surface area contributed by atoms with Crippen LogP contribution < -0.4 is 10.2 Å². The van der Waals surface area contributed by atoms with Crippen LogP contribution in [0.5, 0.6) is 0 Å². The van der Waals surface area contributed by atoms with Crippen LogP contribution in [0.25, 0.3) is 10.9 Å². The predicted octanol–water partition coefficient (Wildman–Crippen LogP) is 3.78. The van der Waals surface area contributed by atoms with E-state index < -0.39 is 16.1 Å². The van der Waals surface area contributed by atoms with E-state index in [-0.39, 0.29) is 5.91 Å². The molecule has 1 unspecified atom stereocenters. The number of aromatic nitrogens is 2. The molecule has 0 radical (unpaired) electrons. The first-order chi connectivity index (χ1) is 18.1. The van der Waals surface area contributed by atoms with Gasteiger partial charge in [0.05, 0.1) is 4.90 Å². The molecule has 9 nitrogen and oxygen atoms in total. The van der Waals surface area contributed by atoms with E-state index in [0.29, 0.717) is 18.0 Å². The Morgan fingerprint density at radius 1 is 0.974 bits per heavy atom. The summed E-state index contributed by atoms with van der Waals surface area (Å²) in [7, 11) is -1.41. The van der Waals surface area contributed by atoms with Gasteiger partial charge in [0.15, 0.2) is 0 Å². The van der Waals surface area contributed by atoms with Gasteiger partial charge in [-0.25, -0.2) is 13.4 Å². The number of pyridine rings is 1. The van der Waals surface area contributed by atoms with Crippen LogP contribution in [0.15, 0.2) is 41.6 Å². The first kappa shape index (κ1) is 26.6. The second-order valence-electron chi connectivity index (χ2n) is 10.7. The molecule has 4 heterocycles. The molecule has 0 spiro atoms. The lowest BCUT2D eigenvalue weighted by Gasteiger charge is -2.33. The van der Waals surface area contributed by atoms with Crippen molar-refractivity contribution in [1.82, 2.24) is 18.8 Å². The van der Waals surface area contributed by atoms with E-state index in [4.69, 9.17) is 0 Å². The minimum absolute atomic E-state index is 0.134. The third-order valence-corrected chi connectivity index (χ3v) is 9.82. The molecule has 2 aromatic heterocycles. The Morgan fingerprint density at radius 3 is 2.39 bits per heavy atom. The minimum Gasteiger partial charge on any atom is -0.354 e. The Hall–Kier alpha value is -2.95. The number of carbonyl (C=O) groups is 1. The van der Waals surface area contributed by atoms with Crippen LogP contribution in [0.4, 0.5) is 11.5 Å². The monoisotopic (exact) mass is 538 g/mol. The number of piperazine rings is 1. The van der Waals surface area contributed by atoms with E-state index in [1.165, 1.54) is 0 Å². The second-order valence-corrected chi connectivity index (χ2v) is 12.6. The molecule has 5 rings (SSSR count). The van der Waals surface area contributed by atoms with Crippen LogP contribution in [-0.2, 0) is 14.8 Å². The van der Waals surface area contributed by atoms with Crippen molar-refractivity contribution in [2.45, 2.75) is 51.0 Å². The van der Waals surface area contributed by atoms with Crippen molar-refractivity contribution in [2.24, 2.45) is 0 Å². The number of nitrogens with one attached hydrogen (secondary N) is 1. The first-order valence-electron chi connectivity index (χ1n) is 13.5. The number of fused-ring (bicyclic) bond motifs is 1. The molecule has 204 valence electrons. The Bertz CT molecular complexity index is 1440. The van der Waals surface area contributed by atoms with Gasteiger partial charge in [0.1, 0.15) is 11.9 Å². The largest absolute Gasteiger partial charge is 0.354 e. The first-order valence-corrected chi connectivity index (χ1v) is 14.9. The molecule has 1 N–H and O–H groups in total. The number of anilines is 2. The number of nitrogens with zero attached hydrogens (tertiary/aromatic N) is 5. The topological polar surface area (TPSA) is 90.8 Å². The summed E-state index contributed by atoms with van der Waals surface area (Å²) >= 11 is 0. The summed E-state index contributed by atoms with van der Waals surface area (Å²) in [6, 6.07) is 6.72. The standard InChI is InChI=1S/C28H38N6O3S/c1-20-18-29-27(32-14-12-31(4)13-15-32)17-25(20)30-28(35)22(3)34-19-21(2)24-16-23(8-9-26(24)34)38(36,37)33-10-6-5-7-11-33/h8-9,16-19,22H,5-7,10-15H2,1-4H3,(H,29,30,35). The van der Waals surface area contributed by atoms with E-state index in [0.717, 1.165) is 79.0 Å². The van der Waals surface area contributed by atoms with Crippen molar-refractivity contribution in [1.29, 1.82) is 0 Å². The van der Waals surface area contributed by atoms with Crippen molar-refractivity contribution in [3.63, 3.8) is 0 Å². The van der Waals surface area contributed by atoms with E-state index in [9.17, 15) is 13.2 Å². The number of likely N-dealkylation sites (N-methyl/N-ethyl adjacent to an activating group) is 1. The highest BCUT2D eigenvalue weighted by molar-refractivity contribution is 7.89. The molecule has 10 heteroatoms. The quantitative estimate of drug-likeness (QED) is 0.514. The SMILES string of the molecule is Cc1cnc(N2CCN(C)CC2)cc1NC(=O)C(C)n1cc(C)c2cc(S(=O)(=O)N3CCCCC3)ccc21. The van der Waals surface area contributed by atoms with Crippen molar-refractivity contribution >= 4 is 38.3 Å². The van der Waals surface area contributed by atoms with Crippen LogP contribution >= 0.6 is 0 Å². The van der Waals surface area contributed by atoms with Crippen molar-refractivity contribution < 1.29 is 13.2 Å². The maximum absolute atomic E-state index is 13.4. The molecule has 3 aromatic rings. The number of rotatable bonds is 6. The molecule has 2 saturated heterocycles. The van der Waals surface area contributed by atoms with Crippen LogP contribution in [-0.4, -0.2) is 79.4 Å². The zero-order valence-corrected chi connectivity index (χ0v) is 23.6. The zero-order chi connectivity index (χ0) is 27.0. The van der Waals surface area contributed by atoms with E-state index in [2.05, 4.69) is 27.1 Å². The van der Waals surface area contributed by atoms with Gasteiger partial charge in [-0.1, -0.05) is 6.42 Å². The average Bonchev–Trinajstić information content (AvgIpc) is 3.26. The molecule has 0 saturated carbocycles. The molecule has 1 aromatic carbocycles. The number of sulfonamides is 1. The lowest BCUT2D eigenvalue weighted by Crippen LogP contribution is -2.44. The third-order valence-electron chi connectivity index (χ3n) is 7.93. The Morgan fingerprint density at radius 2 is 1.68 bits per heavy atom. The molecule has 2 fully saturated rings. The van der Waals surface area contributed by atoms with Gasteiger partial charge in [-0.2, -0.15) is 4.31 Å².